The molecule has 0 spiro atoms. The Hall–Kier alpha value is -1.22. The molecule has 4 heteroatoms. The number of benzene rings is 2. The molecule has 2 aromatic carbocycles. The first-order chi connectivity index (χ1) is 10.1. The van der Waals surface area contributed by atoms with Gasteiger partial charge in [0.25, 0.3) is 0 Å². The third kappa shape index (κ3) is 3.03. The highest BCUT2D eigenvalue weighted by Crippen LogP contribution is 2.33. The highest BCUT2D eigenvalue weighted by Gasteiger charge is 2.32. The number of nitrogens with zero attached hydrogens (tertiary/aromatic N) is 1. The Morgan fingerprint density at radius 1 is 1.10 bits per heavy atom. The predicted octanol–water partition coefficient (Wildman–Crippen LogP) is 4.32. The fraction of sp³-hybridized carbons (Fsp3) is 0.294. The lowest BCUT2D eigenvalue weighted by Crippen LogP contribution is -2.56. The van der Waals surface area contributed by atoms with Gasteiger partial charge in [-0.1, -0.05) is 53.5 Å². The molecule has 1 aliphatic rings. The van der Waals surface area contributed by atoms with Crippen LogP contribution in [0.1, 0.15) is 12.5 Å². The summed E-state index contributed by atoms with van der Waals surface area (Å²) in [5.41, 5.74) is 2.26. The quantitative estimate of drug-likeness (QED) is 0.886. The molecule has 0 radical (unpaired) electrons. The number of hydrogen-bond donors (Lipinski definition) is 1. The van der Waals surface area contributed by atoms with Gasteiger partial charge in [0.2, 0.25) is 0 Å². The van der Waals surface area contributed by atoms with E-state index in [0.717, 1.165) is 25.3 Å². The van der Waals surface area contributed by atoms with Gasteiger partial charge in [-0.25, -0.2) is 0 Å². The molecule has 1 unspecified atom stereocenters. The van der Waals surface area contributed by atoms with Crippen LogP contribution in [0.15, 0.2) is 48.5 Å². The first kappa shape index (κ1) is 14.7. The van der Waals surface area contributed by atoms with E-state index < -0.39 is 0 Å². The van der Waals surface area contributed by atoms with Gasteiger partial charge in [0.15, 0.2) is 0 Å². The molecule has 2 aromatic rings. The average molecular weight is 321 g/mol. The SMILES string of the molecule is CC1(c2ccccc2)CN(c2ccc(Cl)cc2Cl)CCN1. The van der Waals surface area contributed by atoms with Crippen LogP contribution in [0.5, 0.6) is 0 Å². The molecule has 1 saturated heterocycles. The van der Waals surface area contributed by atoms with Crippen molar-refractivity contribution in [2.45, 2.75) is 12.5 Å². The minimum Gasteiger partial charge on any atom is -0.367 e. The van der Waals surface area contributed by atoms with Crippen molar-refractivity contribution in [2.24, 2.45) is 0 Å². The highest BCUT2D eigenvalue weighted by molar-refractivity contribution is 6.36. The van der Waals surface area contributed by atoms with E-state index in [-0.39, 0.29) is 5.54 Å². The van der Waals surface area contributed by atoms with E-state index in [0.29, 0.717) is 10.0 Å². The standard InChI is InChI=1S/C17H18Cl2N2/c1-17(13-5-3-2-4-6-13)12-21(10-9-20-17)16-8-7-14(18)11-15(16)19/h2-8,11,20H,9-10,12H2,1H3. The molecule has 0 aliphatic carbocycles. The van der Waals surface area contributed by atoms with Gasteiger partial charge in [-0.3, -0.25) is 0 Å². The molecule has 1 atom stereocenters. The molecular formula is C17H18Cl2N2. The fourth-order valence-corrected chi connectivity index (χ4v) is 3.45. The van der Waals surface area contributed by atoms with Crippen molar-refractivity contribution in [2.75, 3.05) is 24.5 Å². The summed E-state index contributed by atoms with van der Waals surface area (Å²) in [7, 11) is 0. The smallest absolute Gasteiger partial charge is 0.0654 e. The van der Waals surface area contributed by atoms with Crippen molar-refractivity contribution in [1.29, 1.82) is 0 Å². The Balaban J connectivity index is 1.89. The van der Waals surface area contributed by atoms with Gasteiger partial charge < -0.3 is 10.2 Å². The van der Waals surface area contributed by atoms with Crippen LogP contribution >= 0.6 is 23.2 Å². The van der Waals surface area contributed by atoms with E-state index in [1.807, 2.05) is 18.2 Å². The molecule has 1 N–H and O–H groups in total. The summed E-state index contributed by atoms with van der Waals surface area (Å²) < 4.78 is 0. The molecule has 1 aliphatic heterocycles. The average Bonchev–Trinajstić information content (AvgIpc) is 2.48. The Kier molecular flexibility index (Phi) is 4.12. The van der Waals surface area contributed by atoms with Crippen molar-refractivity contribution >= 4 is 28.9 Å². The summed E-state index contributed by atoms with van der Waals surface area (Å²) in [5, 5.41) is 5.01. The van der Waals surface area contributed by atoms with Gasteiger partial charge in [0.1, 0.15) is 0 Å². The summed E-state index contributed by atoms with van der Waals surface area (Å²) >= 11 is 12.3. The van der Waals surface area contributed by atoms with E-state index in [1.54, 1.807) is 6.07 Å². The zero-order valence-electron chi connectivity index (χ0n) is 11.9. The van der Waals surface area contributed by atoms with Crippen molar-refractivity contribution in [3.05, 3.63) is 64.1 Å². The Morgan fingerprint density at radius 2 is 1.86 bits per heavy atom. The fourth-order valence-electron chi connectivity index (χ4n) is 2.93. The second-order valence-electron chi connectivity index (χ2n) is 5.64. The van der Waals surface area contributed by atoms with Crippen LogP contribution in [0, 0.1) is 0 Å². The normalized spacial score (nSPS) is 22.3. The minimum absolute atomic E-state index is 0.0809. The van der Waals surface area contributed by atoms with Crippen molar-refractivity contribution < 1.29 is 0 Å². The molecule has 0 saturated carbocycles. The van der Waals surface area contributed by atoms with Crippen LogP contribution < -0.4 is 10.2 Å². The second kappa shape index (κ2) is 5.88. The predicted molar refractivity (Wildman–Crippen MR) is 90.5 cm³/mol. The van der Waals surface area contributed by atoms with Gasteiger partial charge in [0, 0.05) is 24.7 Å². The maximum atomic E-state index is 6.36. The molecule has 2 nitrogen and oxygen atoms in total. The summed E-state index contributed by atoms with van der Waals surface area (Å²) in [6.07, 6.45) is 0. The summed E-state index contributed by atoms with van der Waals surface area (Å²) in [6, 6.07) is 16.2. The number of anilines is 1. The van der Waals surface area contributed by atoms with E-state index in [1.165, 1.54) is 5.56 Å². The number of nitrogens with one attached hydrogen (secondary N) is 1. The van der Waals surface area contributed by atoms with Crippen molar-refractivity contribution in [1.82, 2.24) is 5.32 Å². The third-order valence-corrected chi connectivity index (χ3v) is 4.60. The molecule has 1 heterocycles. The number of rotatable bonds is 2. The van der Waals surface area contributed by atoms with Crippen LogP contribution in [0.3, 0.4) is 0 Å². The molecule has 0 aromatic heterocycles. The van der Waals surface area contributed by atoms with E-state index >= 15 is 0 Å². The van der Waals surface area contributed by atoms with Gasteiger partial charge in [-0.05, 0) is 30.7 Å². The summed E-state index contributed by atoms with van der Waals surface area (Å²) in [6.45, 7) is 4.96. The topological polar surface area (TPSA) is 15.3 Å². The van der Waals surface area contributed by atoms with Crippen LogP contribution in [0.4, 0.5) is 5.69 Å². The Bertz CT molecular complexity index is 630. The number of hydrogen-bond acceptors (Lipinski definition) is 2. The molecule has 110 valence electrons. The van der Waals surface area contributed by atoms with E-state index in [2.05, 4.69) is 41.4 Å². The van der Waals surface area contributed by atoms with E-state index in [4.69, 9.17) is 23.2 Å². The van der Waals surface area contributed by atoms with Crippen LogP contribution in [0.25, 0.3) is 0 Å². The summed E-state index contributed by atoms with van der Waals surface area (Å²) in [4.78, 5) is 2.32. The van der Waals surface area contributed by atoms with Crippen LogP contribution in [0.2, 0.25) is 10.0 Å². The van der Waals surface area contributed by atoms with Crippen molar-refractivity contribution in [3.63, 3.8) is 0 Å². The number of halogens is 2. The van der Waals surface area contributed by atoms with Crippen LogP contribution in [-0.4, -0.2) is 19.6 Å². The largest absolute Gasteiger partial charge is 0.367 e. The zero-order valence-corrected chi connectivity index (χ0v) is 13.5. The maximum absolute atomic E-state index is 6.36. The first-order valence-electron chi connectivity index (χ1n) is 7.09. The first-order valence-corrected chi connectivity index (χ1v) is 7.85. The second-order valence-corrected chi connectivity index (χ2v) is 6.49. The van der Waals surface area contributed by atoms with Gasteiger partial charge in [0.05, 0.1) is 16.2 Å². The molecule has 3 rings (SSSR count). The minimum atomic E-state index is -0.0809. The number of piperazine rings is 1. The lowest BCUT2D eigenvalue weighted by molar-refractivity contribution is 0.332. The monoisotopic (exact) mass is 320 g/mol. The maximum Gasteiger partial charge on any atom is 0.0654 e. The zero-order chi connectivity index (χ0) is 14.9. The van der Waals surface area contributed by atoms with Crippen LogP contribution in [-0.2, 0) is 5.54 Å². The van der Waals surface area contributed by atoms with E-state index in [9.17, 15) is 0 Å². The van der Waals surface area contributed by atoms with Gasteiger partial charge >= 0.3 is 0 Å². The Morgan fingerprint density at radius 3 is 2.57 bits per heavy atom. The van der Waals surface area contributed by atoms with Crippen molar-refractivity contribution in [3.8, 4) is 0 Å². The Labute approximate surface area is 135 Å². The highest BCUT2D eigenvalue weighted by atomic mass is 35.5. The molecule has 1 fully saturated rings. The third-order valence-electron chi connectivity index (χ3n) is 4.07. The lowest BCUT2D eigenvalue weighted by atomic mass is 9.89. The summed E-state index contributed by atoms with van der Waals surface area (Å²) in [5.74, 6) is 0. The molecule has 21 heavy (non-hydrogen) atoms. The lowest BCUT2D eigenvalue weighted by Gasteiger charge is -2.43. The van der Waals surface area contributed by atoms with Gasteiger partial charge in [-0.15, -0.1) is 0 Å². The molecule has 0 bridgehead atoms. The molecular weight excluding hydrogens is 303 g/mol. The molecule has 0 amide bonds. The van der Waals surface area contributed by atoms with Gasteiger partial charge in [-0.2, -0.15) is 0 Å².